The van der Waals surface area contributed by atoms with Crippen molar-refractivity contribution in [1.29, 1.82) is 0 Å². The fraction of sp³-hybridized carbons (Fsp3) is 0.0625. The Balaban J connectivity index is 2.29. The Kier molecular flexibility index (Phi) is 3.20. The molecule has 0 saturated carbocycles. The van der Waals surface area contributed by atoms with Crippen LogP contribution in [0.2, 0.25) is 5.15 Å². The molecule has 4 heteroatoms. The second-order valence-corrected chi connectivity index (χ2v) is 4.73. The average Bonchev–Trinajstić information content (AvgIpc) is 2.79. The van der Waals surface area contributed by atoms with Gasteiger partial charge in [0.05, 0.1) is 18.2 Å². The van der Waals surface area contributed by atoms with Crippen LogP contribution in [0, 0.1) is 0 Å². The first-order valence-corrected chi connectivity index (χ1v) is 6.52. The maximum Gasteiger partial charge on any atom is 0.153 e. The lowest BCUT2D eigenvalue weighted by Gasteiger charge is -2.08. The van der Waals surface area contributed by atoms with Gasteiger partial charge >= 0.3 is 0 Å². The first-order valence-electron chi connectivity index (χ1n) is 6.15. The Hall–Kier alpha value is -2.26. The maximum atomic E-state index is 11.3. The Morgan fingerprint density at radius 1 is 1.10 bits per heavy atom. The summed E-state index contributed by atoms with van der Waals surface area (Å²) in [5.41, 5.74) is 2.31. The monoisotopic (exact) mass is 285 g/mol. The van der Waals surface area contributed by atoms with Crippen molar-refractivity contribution in [2.24, 2.45) is 0 Å². The van der Waals surface area contributed by atoms with Crippen LogP contribution in [-0.4, -0.2) is 18.0 Å². The van der Waals surface area contributed by atoms with Gasteiger partial charge in [-0.3, -0.25) is 9.36 Å². The highest BCUT2D eigenvalue weighted by molar-refractivity contribution is 6.34. The fourth-order valence-corrected chi connectivity index (χ4v) is 2.66. The summed E-state index contributed by atoms with van der Waals surface area (Å²) in [6.07, 6.45) is 0.796. The molecule has 1 heterocycles. The Bertz CT molecular complexity index is 775. The summed E-state index contributed by atoms with van der Waals surface area (Å²) in [5, 5.41) is 1.27. The summed E-state index contributed by atoms with van der Waals surface area (Å²) in [6.45, 7) is 0. The van der Waals surface area contributed by atoms with Crippen LogP contribution in [0.4, 0.5) is 0 Å². The summed E-state index contributed by atoms with van der Waals surface area (Å²) in [5.74, 6) is 0.775. The molecule has 3 nitrogen and oxygen atoms in total. The lowest BCUT2D eigenvalue weighted by molar-refractivity contribution is 0.112. The molecule has 0 spiro atoms. The third kappa shape index (κ3) is 1.87. The number of nitrogens with zero attached hydrogens (tertiary/aromatic N) is 1. The number of fused-ring (bicyclic) bond motifs is 1. The number of aldehydes is 1. The topological polar surface area (TPSA) is 31.2 Å². The molecule has 2 aromatic carbocycles. The molecule has 0 aliphatic carbocycles. The molecule has 0 N–H and O–H groups in total. The van der Waals surface area contributed by atoms with Gasteiger partial charge in [0, 0.05) is 11.1 Å². The molecule has 0 unspecified atom stereocenters. The molecule has 0 radical (unpaired) electrons. The third-order valence-corrected chi connectivity index (χ3v) is 3.67. The molecule has 20 heavy (non-hydrogen) atoms. The molecule has 0 aliphatic heterocycles. The predicted octanol–water partition coefficient (Wildman–Crippen LogP) is 4.11. The predicted molar refractivity (Wildman–Crippen MR) is 80.2 cm³/mol. The van der Waals surface area contributed by atoms with Crippen molar-refractivity contribution < 1.29 is 9.53 Å². The van der Waals surface area contributed by atoms with Crippen LogP contribution in [-0.2, 0) is 0 Å². The second kappa shape index (κ2) is 5.02. The van der Waals surface area contributed by atoms with Crippen LogP contribution in [0.5, 0.6) is 5.75 Å². The average molecular weight is 286 g/mol. The quantitative estimate of drug-likeness (QED) is 0.678. The van der Waals surface area contributed by atoms with Gasteiger partial charge in [0.1, 0.15) is 10.9 Å². The number of benzene rings is 2. The molecule has 0 amide bonds. The second-order valence-electron chi connectivity index (χ2n) is 4.37. The van der Waals surface area contributed by atoms with Crippen LogP contribution in [0.1, 0.15) is 10.4 Å². The number of hydrogen-bond acceptors (Lipinski definition) is 2. The van der Waals surface area contributed by atoms with E-state index in [0.717, 1.165) is 28.6 Å². The van der Waals surface area contributed by atoms with Gasteiger partial charge in [0.25, 0.3) is 0 Å². The molecule has 0 fully saturated rings. The van der Waals surface area contributed by atoms with Gasteiger partial charge in [-0.1, -0.05) is 29.8 Å². The minimum absolute atomic E-state index is 0.423. The number of carbonyl (C=O) groups is 1. The first-order chi connectivity index (χ1) is 9.76. The van der Waals surface area contributed by atoms with Crippen molar-refractivity contribution in [2.45, 2.75) is 0 Å². The van der Waals surface area contributed by atoms with E-state index in [1.165, 1.54) is 0 Å². The SMILES string of the molecule is COc1ccc(-n2c(Cl)c(C=O)c3ccccc32)cc1. The van der Waals surface area contributed by atoms with Crippen molar-refractivity contribution in [3.05, 3.63) is 59.2 Å². The molecular weight excluding hydrogens is 274 g/mol. The zero-order valence-corrected chi connectivity index (χ0v) is 11.6. The highest BCUT2D eigenvalue weighted by atomic mass is 35.5. The molecule has 0 atom stereocenters. The highest BCUT2D eigenvalue weighted by Crippen LogP contribution is 2.32. The van der Waals surface area contributed by atoms with E-state index < -0.39 is 0 Å². The van der Waals surface area contributed by atoms with Gasteiger partial charge < -0.3 is 4.74 Å². The van der Waals surface area contributed by atoms with E-state index in [-0.39, 0.29) is 0 Å². The molecule has 3 rings (SSSR count). The van der Waals surface area contributed by atoms with E-state index in [1.54, 1.807) is 7.11 Å². The van der Waals surface area contributed by atoms with Gasteiger partial charge in [-0.2, -0.15) is 0 Å². The normalized spacial score (nSPS) is 10.7. The van der Waals surface area contributed by atoms with Crippen molar-refractivity contribution in [3.63, 3.8) is 0 Å². The molecule has 3 aromatic rings. The minimum Gasteiger partial charge on any atom is -0.497 e. The number of carbonyl (C=O) groups excluding carboxylic acids is 1. The lowest BCUT2D eigenvalue weighted by Crippen LogP contribution is -1.94. The lowest BCUT2D eigenvalue weighted by atomic mass is 10.2. The van der Waals surface area contributed by atoms with Crippen LogP contribution < -0.4 is 4.74 Å². The van der Waals surface area contributed by atoms with Gasteiger partial charge in [-0.25, -0.2) is 0 Å². The number of para-hydroxylation sites is 1. The van der Waals surface area contributed by atoms with Crippen molar-refractivity contribution >= 4 is 28.8 Å². The third-order valence-electron chi connectivity index (χ3n) is 3.30. The van der Waals surface area contributed by atoms with E-state index >= 15 is 0 Å². The maximum absolute atomic E-state index is 11.3. The first kappa shape index (κ1) is 12.8. The standard InChI is InChI=1S/C16H12ClNO2/c1-20-12-8-6-11(7-9-12)18-15-5-3-2-4-13(15)14(10-19)16(18)17/h2-10H,1H3. The van der Waals surface area contributed by atoms with E-state index in [0.29, 0.717) is 10.7 Å². The van der Waals surface area contributed by atoms with Crippen LogP contribution in [0.15, 0.2) is 48.5 Å². The summed E-state index contributed by atoms with van der Waals surface area (Å²) < 4.78 is 7.01. The zero-order valence-electron chi connectivity index (χ0n) is 10.8. The van der Waals surface area contributed by atoms with Crippen molar-refractivity contribution in [3.8, 4) is 11.4 Å². The van der Waals surface area contributed by atoms with E-state index in [9.17, 15) is 4.79 Å². The number of ether oxygens (including phenoxy) is 1. The fourth-order valence-electron chi connectivity index (χ4n) is 2.33. The van der Waals surface area contributed by atoms with Gasteiger partial charge in [0.2, 0.25) is 0 Å². The summed E-state index contributed by atoms with van der Waals surface area (Å²) in [6, 6.07) is 15.2. The van der Waals surface area contributed by atoms with Gasteiger partial charge in [-0.05, 0) is 30.3 Å². The van der Waals surface area contributed by atoms with E-state index in [4.69, 9.17) is 16.3 Å². The number of methoxy groups -OCH3 is 1. The number of rotatable bonds is 3. The van der Waals surface area contributed by atoms with Gasteiger partial charge in [0.15, 0.2) is 6.29 Å². The van der Waals surface area contributed by atoms with E-state index in [1.807, 2.05) is 53.1 Å². The highest BCUT2D eigenvalue weighted by Gasteiger charge is 2.15. The molecule has 0 saturated heterocycles. The largest absolute Gasteiger partial charge is 0.497 e. The molecule has 0 bridgehead atoms. The smallest absolute Gasteiger partial charge is 0.153 e. The molecular formula is C16H12ClNO2. The van der Waals surface area contributed by atoms with Crippen LogP contribution in [0.25, 0.3) is 16.6 Å². The number of hydrogen-bond donors (Lipinski definition) is 0. The van der Waals surface area contributed by atoms with Gasteiger partial charge in [-0.15, -0.1) is 0 Å². The Morgan fingerprint density at radius 3 is 2.45 bits per heavy atom. The minimum atomic E-state index is 0.423. The summed E-state index contributed by atoms with van der Waals surface area (Å²) in [4.78, 5) is 11.3. The summed E-state index contributed by atoms with van der Waals surface area (Å²) >= 11 is 6.36. The van der Waals surface area contributed by atoms with Crippen molar-refractivity contribution in [2.75, 3.05) is 7.11 Å². The van der Waals surface area contributed by atoms with Crippen LogP contribution >= 0.6 is 11.6 Å². The molecule has 0 aliphatic rings. The number of halogens is 1. The molecule has 100 valence electrons. The van der Waals surface area contributed by atoms with Crippen LogP contribution in [0.3, 0.4) is 0 Å². The van der Waals surface area contributed by atoms with Crippen molar-refractivity contribution in [1.82, 2.24) is 4.57 Å². The molecule has 1 aromatic heterocycles. The number of aromatic nitrogens is 1. The van der Waals surface area contributed by atoms with E-state index in [2.05, 4.69) is 0 Å². The zero-order chi connectivity index (χ0) is 14.1. The summed E-state index contributed by atoms with van der Waals surface area (Å²) in [7, 11) is 1.62. The Morgan fingerprint density at radius 2 is 1.80 bits per heavy atom. The Labute approximate surface area is 121 Å².